The van der Waals surface area contributed by atoms with Gasteiger partial charge in [-0.1, -0.05) is 60.7 Å². The molecule has 128 valence electrons. The number of aliphatic carboxylic acids is 1. The average Bonchev–Trinajstić information content (AvgIpc) is 2.84. The molecule has 2 aromatic rings. The van der Waals surface area contributed by atoms with Crippen molar-refractivity contribution in [1.82, 2.24) is 9.80 Å². The highest BCUT2D eigenvalue weighted by atomic mass is 16.4. The zero-order valence-corrected chi connectivity index (χ0v) is 13.8. The van der Waals surface area contributed by atoms with Crippen LogP contribution in [0, 0.1) is 0 Å². The van der Waals surface area contributed by atoms with E-state index in [9.17, 15) is 14.4 Å². The molecule has 1 saturated heterocycles. The van der Waals surface area contributed by atoms with Crippen LogP contribution >= 0.6 is 0 Å². The molecule has 0 radical (unpaired) electrons. The summed E-state index contributed by atoms with van der Waals surface area (Å²) >= 11 is 0. The molecule has 0 atom stereocenters. The molecule has 25 heavy (non-hydrogen) atoms. The van der Waals surface area contributed by atoms with Crippen LogP contribution in [0.1, 0.15) is 18.1 Å². The first kappa shape index (κ1) is 16.7. The Kier molecular flexibility index (Phi) is 4.27. The number of carbonyl (C=O) groups is 3. The van der Waals surface area contributed by atoms with Crippen molar-refractivity contribution in [2.75, 3.05) is 13.1 Å². The van der Waals surface area contributed by atoms with Gasteiger partial charge in [-0.2, -0.15) is 0 Å². The molecule has 0 bridgehead atoms. The second-order valence-corrected chi connectivity index (χ2v) is 5.75. The van der Waals surface area contributed by atoms with E-state index < -0.39 is 30.0 Å². The van der Waals surface area contributed by atoms with Gasteiger partial charge in [0, 0.05) is 6.54 Å². The quantitative estimate of drug-likeness (QED) is 0.849. The summed E-state index contributed by atoms with van der Waals surface area (Å²) in [5.41, 5.74) is -0.0901. The summed E-state index contributed by atoms with van der Waals surface area (Å²) in [5.74, 6) is -1.77. The number of benzene rings is 2. The molecule has 1 aliphatic rings. The van der Waals surface area contributed by atoms with Crippen LogP contribution in [0.4, 0.5) is 4.79 Å². The Labute approximate surface area is 145 Å². The minimum absolute atomic E-state index is 0.268. The predicted octanol–water partition coefficient (Wildman–Crippen LogP) is 2.30. The molecule has 3 amide bonds. The Balaban J connectivity index is 2.28. The van der Waals surface area contributed by atoms with Gasteiger partial charge in [-0.15, -0.1) is 0 Å². The number of hydrogen-bond acceptors (Lipinski definition) is 3. The maximum Gasteiger partial charge on any atom is 0.328 e. The molecule has 0 aromatic heterocycles. The summed E-state index contributed by atoms with van der Waals surface area (Å²) < 4.78 is 0. The van der Waals surface area contributed by atoms with Crippen LogP contribution < -0.4 is 0 Å². The molecule has 6 heteroatoms. The van der Waals surface area contributed by atoms with Crippen LogP contribution in [0.5, 0.6) is 0 Å². The number of hydrogen-bond donors (Lipinski definition) is 1. The van der Waals surface area contributed by atoms with E-state index in [4.69, 9.17) is 5.11 Å². The Bertz CT molecular complexity index is 765. The van der Waals surface area contributed by atoms with Gasteiger partial charge in [0.2, 0.25) is 0 Å². The van der Waals surface area contributed by atoms with Crippen LogP contribution in [0.15, 0.2) is 60.7 Å². The topological polar surface area (TPSA) is 77.9 Å². The molecule has 1 aliphatic heterocycles. The summed E-state index contributed by atoms with van der Waals surface area (Å²) in [6.07, 6.45) is 0. The number of likely N-dealkylation sites (N-methyl/N-ethyl adjacent to an activating group) is 1. The molecule has 1 heterocycles. The fourth-order valence-electron chi connectivity index (χ4n) is 3.42. The van der Waals surface area contributed by atoms with Crippen LogP contribution in [0.25, 0.3) is 0 Å². The van der Waals surface area contributed by atoms with Crippen molar-refractivity contribution in [3.05, 3.63) is 71.8 Å². The largest absolute Gasteiger partial charge is 0.480 e. The third kappa shape index (κ3) is 2.46. The molecular formula is C19H18N2O4. The number of urea groups is 1. The van der Waals surface area contributed by atoms with Crippen LogP contribution in [-0.2, 0) is 15.1 Å². The maximum atomic E-state index is 13.3. The molecule has 0 spiro atoms. The summed E-state index contributed by atoms with van der Waals surface area (Å²) in [6.45, 7) is 1.39. The lowest BCUT2D eigenvalue weighted by molar-refractivity contribution is -0.142. The summed E-state index contributed by atoms with van der Waals surface area (Å²) in [6, 6.07) is 17.4. The van der Waals surface area contributed by atoms with E-state index in [1.54, 1.807) is 55.5 Å². The number of amides is 3. The fraction of sp³-hybridized carbons (Fsp3) is 0.211. The van der Waals surface area contributed by atoms with E-state index in [-0.39, 0.29) is 6.54 Å². The number of imide groups is 1. The zero-order chi connectivity index (χ0) is 18.0. The number of carboxylic acids is 1. The van der Waals surface area contributed by atoms with Gasteiger partial charge in [0.25, 0.3) is 5.91 Å². The highest BCUT2D eigenvalue weighted by molar-refractivity contribution is 6.10. The second kappa shape index (κ2) is 6.39. The molecule has 0 unspecified atom stereocenters. The standard InChI is InChI=1S/C19H18N2O4/c1-2-21-18(25)20(13-16(22)23)17(24)19(21,14-9-5-3-6-10-14)15-11-7-4-8-12-15/h3-12H,2,13H2,1H3,(H,22,23). The van der Waals surface area contributed by atoms with Gasteiger partial charge in [-0.25, -0.2) is 4.79 Å². The monoisotopic (exact) mass is 338 g/mol. The highest BCUT2D eigenvalue weighted by Gasteiger charge is 2.59. The lowest BCUT2D eigenvalue weighted by Crippen LogP contribution is -2.48. The van der Waals surface area contributed by atoms with E-state index in [1.807, 2.05) is 12.1 Å². The third-order valence-corrected chi connectivity index (χ3v) is 4.41. The molecule has 0 saturated carbocycles. The summed E-state index contributed by atoms with van der Waals surface area (Å²) in [7, 11) is 0. The summed E-state index contributed by atoms with van der Waals surface area (Å²) in [5, 5.41) is 9.12. The van der Waals surface area contributed by atoms with Crippen molar-refractivity contribution in [3.8, 4) is 0 Å². The van der Waals surface area contributed by atoms with Crippen LogP contribution in [0.2, 0.25) is 0 Å². The van der Waals surface area contributed by atoms with Gasteiger partial charge >= 0.3 is 12.0 Å². The van der Waals surface area contributed by atoms with E-state index >= 15 is 0 Å². The van der Waals surface area contributed by atoms with E-state index in [0.717, 1.165) is 4.90 Å². The summed E-state index contributed by atoms with van der Waals surface area (Å²) in [4.78, 5) is 39.6. The van der Waals surface area contributed by atoms with Crippen molar-refractivity contribution in [2.45, 2.75) is 12.5 Å². The molecule has 6 nitrogen and oxygen atoms in total. The second-order valence-electron chi connectivity index (χ2n) is 5.75. The Morgan fingerprint density at radius 3 is 1.84 bits per heavy atom. The minimum atomic E-state index is -1.36. The fourth-order valence-corrected chi connectivity index (χ4v) is 3.42. The first-order valence-corrected chi connectivity index (χ1v) is 7.99. The van der Waals surface area contributed by atoms with E-state index in [0.29, 0.717) is 11.1 Å². The van der Waals surface area contributed by atoms with Crippen molar-refractivity contribution in [1.29, 1.82) is 0 Å². The Morgan fingerprint density at radius 2 is 1.44 bits per heavy atom. The Hall–Kier alpha value is -3.15. The number of rotatable bonds is 5. The average molecular weight is 338 g/mol. The normalized spacial score (nSPS) is 16.4. The van der Waals surface area contributed by atoms with Gasteiger partial charge in [0.15, 0.2) is 5.54 Å². The van der Waals surface area contributed by atoms with Gasteiger partial charge < -0.3 is 10.0 Å². The van der Waals surface area contributed by atoms with E-state index in [2.05, 4.69) is 0 Å². The van der Waals surface area contributed by atoms with Gasteiger partial charge in [0.1, 0.15) is 6.54 Å². The number of carbonyl (C=O) groups excluding carboxylic acids is 2. The first-order chi connectivity index (χ1) is 12.0. The number of carboxylic acid groups (broad SMARTS) is 1. The van der Waals surface area contributed by atoms with Crippen molar-refractivity contribution < 1.29 is 19.5 Å². The molecule has 1 N–H and O–H groups in total. The van der Waals surface area contributed by atoms with E-state index in [1.165, 1.54) is 4.90 Å². The molecule has 0 aliphatic carbocycles. The molecular weight excluding hydrogens is 320 g/mol. The SMILES string of the molecule is CCN1C(=O)N(CC(=O)O)C(=O)C1(c1ccccc1)c1ccccc1. The van der Waals surface area contributed by atoms with Crippen molar-refractivity contribution >= 4 is 17.9 Å². The molecule has 1 fully saturated rings. The van der Waals surface area contributed by atoms with Crippen molar-refractivity contribution in [3.63, 3.8) is 0 Å². The lowest BCUT2D eigenvalue weighted by Gasteiger charge is -2.35. The van der Waals surface area contributed by atoms with Crippen molar-refractivity contribution in [2.24, 2.45) is 0 Å². The maximum absolute atomic E-state index is 13.3. The van der Waals surface area contributed by atoms with Crippen LogP contribution in [-0.4, -0.2) is 45.9 Å². The smallest absolute Gasteiger partial charge is 0.328 e. The van der Waals surface area contributed by atoms with Gasteiger partial charge in [0.05, 0.1) is 0 Å². The van der Waals surface area contributed by atoms with Gasteiger partial charge in [-0.05, 0) is 18.1 Å². The molecule has 2 aromatic carbocycles. The first-order valence-electron chi connectivity index (χ1n) is 7.99. The lowest BCUT2D eigenvalue weighted by atomic mass is 9.81. The zero-order valence-electron chi connectivity index (χ0n) is 13.8. The van der Waals surface area contributed by atoms with Gasteiger partial charge in [-0.3, -0.25) is 14.5 Å². The minimum Gasteiger partial charge on any atom is -0.480 e. The number of nitrogens with zero attached hydrogens (tertiary/aromatic N) is 2. The highest BCUT2D eigenvalue weighted by Crippen LogP contribution is 2.42. The molecule has 3 rings (SSSR count). The van der Waals surface area contributed by atoms with Crippen LogP contribution in [0.3, 0.4) is 0 Å². The Morgan fingerprint density at radius 1 is 0.960 bits per heavy atom. The predicted molar refractivity (Wildman–Crippen MR) is 90.8 cm³/mol. The third-order valence-electron chi connectivity index (χ3n) is 4.41.